The van der Waals surface area contributed by atoms with Crippen molar-refractivity contribution in [3.63, 3.8) is 0 Å². The smallest absolute Gasteiger partial charge is 0.228 e. The molecule has 0 atom stereocenters. The summed E-state index contributed by atoms with van der Waals surface area (Å²) >= 11 is 0. The van der Waals surface area contributed by atoms with E-state index < -0.39 is 0 Å². The largest absolute Gasteiger partial charge is 0.342 e. The van der Waals surface area contributed by atoms with Crippen molar-refractivity contribution in [2.45, 2.75) is 46.0 Å². The van der Waals surface area contributed by atoms with E-state index in [0.717, 1.165) is 44.5 Å². The molecule has 0 aromatic heterocycles. The number of fused-ring (bicyclic) bond motifs is 1. The van der Waals surface area contributed by atoms with Crippen molar-refractivity contribution < 1.29 is 9.59 Å². The molecule has 0 spiro atoms. The summed E-state index contributed by atoms with van der Waals surface area (Å²) in [7, 11) is 0. The van der Waals surface area contributed by atoms with E-state index in [1.165, 1.54) is 5.56 Å². The lowest BCUT2D eigenvalue weighted by molar-refractivity contribution is -0.129. The average Bonchev–Trinajstić information content (AvgIpc) is 2.94. The maximum Gasteiger partial charge on any atom is 0.228 e. The number of hydrogen-bond acceptors (Lipinski definition) is 2. The van der Waals surface area contributed by atoms with Crippen molar-refractivity contribution >= 4 is 17.5 Å². The van der Waals surface area contributed by atoms with Crippen molar-refractivity contribution in [1.82, 2.24) is 4.90 Å². The van der Waals surface area contributed by atoms with Crippen LogP contribution >= 0.6 is 0 Å². The fourth-order valence-electron chi connectivity index (χ4n) is 2.94. The van der Waals surface area contributed by atoms with Crippen LogP contribution in [0.15, 0.2) is 24.3 Å². The molecule has 0 radical (unpaired) electrons. The van der Waals surface area contributed by atoms with Gasteiger partial charge in [-0.2, -0.15) is 0 Å². The summed E-state index contributed by atoms with van der Waals surface area (Å²) in [5, 5.41) is 0. The third kappa shape index (κ3) is 4.09. The molecular formula is C18H26N2O2. The van der Waals surface area contributed by atoms with Gasteiger partial charge in [0.25, 0.3) is 0 Å². The van der Waals surface area contributed by atoms with Gasteiger partial charge >= 0.3 is 0 Å². The fourth-order valence-corrected chi connectivity index (χ4v) is 2.94. The summed E-state index contributed by atoms with van der Waals surface area (Å²) in [6.45, 7) is 5.77. The zero-order valence-electron chi connectivity index (χ0n) is 13.7. The molecule has 0 saturated heterocycles. The lowest BCUT2D eigenvalue weighted by atomic mass is 10.2. The van der Waals surface area contributed by atoms with Gasteiger partial charge in [0.15, 0.2) is 0 Å². The Morgan fingerprint density at radius 2 is 1.95 bits per heavy atom. The molecule has 0 fully saturated rings. The maximum absolute atomic E-state index is 12.5. The standard InChI is InChI=1S/C18H26N2O2/c1-3-4-7-12-19(15(2)21)13-11-18(22)20-14-10-16-8-5-6-9-17(16)20/h5-6,8-9H,3-4,7,10-14H2,1-2H3. The summed E-state index contributed by atoms with van der Waals surface area (Å²) in [4.78, 5) is 27.8. The van der Waals surface area contributed by atoms with Crippen LogP contribution in [-0.2, 0) is 16.0 Å². The first-order valence-electron chi connectivity index (χ1n) is 8.27. The number of unbranched alkanes of at least 4 members (excludes halogenated alkanes) is 2. The Labute approximate surface area is 133 Å². The zero-order chi connectivity index (χ0) is 15.9. The van der Waals surface area contributed by atoms with Gasteiger partial charge in [-0.3, -0.25) is 9.59 Å². The van der Waals surface area contributed by atoms with Gasteiger partial charge in [0.1, 0.15) is 0 Å². The van der Waals surface area contributed by atoms with E-state index in [1.807, 2.05) is 23.1 Å². The number of carbonyl (C=O) groups is 2. The molecule has 1 aromatic rings. The van der Waals surface area contributed by atoms with E-state index in [2.05, 4.69) is 13.0 Å². The Bertz CT molecular complexity index is 528. The summed E-state index contributed by atoms with van der Waals surface area (Å²) in [6, 6.07) is 8.06. The molecule has 120 valence electrons. The molecule has 1 aliphatic heterocycles. The van der Waals surface area contributed by atoms with E-state index in [-0.39, 0.29) is 11.8 Å². The number of anilines is 1. The monoisotopic (exact) mass is 302 g/mol. The SMILES string of the molecule is CCCCCN(CCC(=O)N1CCc2ccccc21)C(C)=O. The molecule has 1 heterocycles. The van der Waals surface area contributed by atoms with E-state index in [1.54, 1.807) is 11.8 Å². The van der Waals surface area contributed by atoms with Crippen molar-refractivity contribution in [2.24, 2.45) is 0 Å². The van der Waals surface area contributed by atoms with Crippen molar-refractivity contribution in [3.8, 4) is 0 Å². The molecule has 4 nitrogen and oxygen atoms in total. The summed E-state index contributed by atoms with van der Waals surface area (Å²) in [5.74, 6) is 0.178. The van der Waals surface area contributed by atoms with Crippen molar-refractivity contribution in [1.29, 1.82) is 0 Å². The van der Waals surface area contributed by atoms with Crippen molar-refractivity contribution in [3.05, 3.63) is 29.8 Å². The summed E-state index contributed by atoms with van der Waals surface area (Å²) in [6.07, 6.45) is 4.60. The molecule has 0 aliphatic carbocycles. The average molecular weight is 302 g/mol. The first kappa shape index (κ1) is 16.5. The van der Waals surface area contributed by atoms with Crippen LogP contribution in [-0.4, -0.2) is 36.3 Å². The Balaban J connectivity index is 1.88. The van der Waals surface area contributed by atoms with Crippen LogP contribution in [0.3, 0.4) is 0 Å². The lowest BCUT2D eigenvalue weighted by Gasteiger charge is -2.23. The van der Waals surface area contributed by atoms with Crippen molar-refractivity contribution in [2.75, 3.05) is 24.5 Å². The predicted octanol–water partition coefficient (Wildman–Crippen LogP) is 3.00. The highest BCUT2D eigenvalue weighted by Crippen LogP contribution is 2.27. The first-order valence-corrected chi connectivity index (χ1v) is 8.27. The predicted molar refractivity (Wildman–Crippen MR) is 88.9 cm³/mol. The van der Waals surface area contributed by atoms with Gasteiger partial charge in [-0.05, 0) is 24.5 Å². The van der Waals surface area contributed by atoms with Crippen LogP contribution < -0.4 is 4.90 Å². The van der Waals surface area contributed by atoms with Crippen LogP contribution in [0, 0.1) is 0 Å². The van der Waals surface area contributed by atoms with Crippen LogP contribution in [0.1, 0.15) is 45.1 Å². The Kier molecular flexibility index (Phi) is 5.99. The molecule has 2 rings (SSSR count). The number of rotatable bonds is 7. The highest BCUT2D eigenvalue weighted by atomic mass is 16.2. The van der Waals surface area contributed by atoms with E-state index in [4.69, 9.17) is 0 Å². The molecule has 4 heteroatoms. The number of benzene rings is 1. The van der Waals surface area contributed by atoms with Crippen LogP contribution in [0.25, 0.3) is 0 Å². The van der Waals surface area contributed by atoms with Gasteiger partial charge in [0.2, 0.25) is 11.8 Å². The second kappa shape index (κ2) is 7.97. The number of carbonyl (C=O) groups excluding carboxylic acids is 2. The quantitative estimate of drug-likeness (QED) is 0.726. The second-order valence-corrected chi connectivity index (χ2v) is 5.89. The van der Waals surface area contributed by atoms with Gasteiger partial charge in [0, 0.05) is 38.7 Å². The minimum Gasteiger partial charge on any atom is -0.342 e. The minimum absolute atomic E-state index is 0.0609. The lowest BCUT2D eigenvalue weighted by Crippen LogP contribution is -2.36. The van der Waals surface area contributed by atoms with Gasteiger partial charge in [-0.25, -0.2) is 0 Å². The summed E-state index contributed by atoms with van der Waals surface area (Å²) in [5.41, 5.74) is 2.27. The zero-order valence-corrected chi connectivity index (χ0v) is 13.7. The first-order chi connectivity index (χ1) is 10.6. The minimum atomic E-state index is 0.0609. The van der Waals surface area contributed by atoms with Gasteiger partial charge in [-0.15, -0.1) is 0 Å². The number of para-hydroxylation sites is 1. The van der Waals surface area contributed by atoms with Gasteiger partial charge in [0.05, 0.1) is 0 Å². The summed E-state index contributed by atoms with van der Waals surface area (Å²) < 4.78 is 0. The maximum atomic E-state index is 12.5. The molecule has 0 unspecified atom stereocenters. The van der Waals surface area contributed by atoms with Gasteiger partial charge in [-0.1, -0.05) is 38.0 Å². The third-order valence-corrected chi connectivity index (χ3v) is 4.26. The highest BCUT2D eigenvalue weighted by Gasteiger charge is 2.24. The number of nitrogens with zero attached hydrogens (tertiary/aromatic N) is 2. The van der Waals surface area contributed by atoms with Gasteiger partial charge < -0.3 is 9.80 Å². The molecular weight excluding hydrogens is 276 g/mol. The third-order valence-electron chi connectivity index (χ3n) is 4.26. The number of hydrogen-bond donors (Lipinski definition) is 0. The van der Waals surface area contributed by atoms with E-state index in [9.17, 15) is 9.59 Å². The Morgan fingerprint density at radius 3 is 2.68 bits per heavy atom. The molecule has 1 aliphatic rings. The molecule has 0 N–H and O–H groups in total. The Hall–Kier alpha value is -1.84. The molecule has 2 amide bonds. The Morgan fingerprint density at radius 1 is 1.18 bits per heavy atom. The normalized spacial score (nSPS) is 13.1. The molecule has 0 saturated carbocycles. The second-order valence-electron chi connectivity index (χ2n) is 5.89. The number of amides is 2. The van der Waals surface area contributed by atoms with Crippen LogP contribution in [0.2, 0.25) is 0 Å². The van der Waals surface area contributed by atoms with E-state index in [0.29, 0.717) is 13.0 Å². The van der Waals surface area contributed by atoms with E-state index >= 15 is 0 Å². The molecule has 22 heavy (non-hydrogen) atoms. The molecule has 1 aromatic carbocycles. The topological polar surface area (TPSA) is 40.6 Å². The molecule has 0 bridgehead atoms. The fraction of sp³-hybridized carbons (Fsp3) is 0.556. The highest BCUT2D eigenvalue weighted by molar-refractivity contribution is 5.95. The van der Waals surface area contributed by atoms with Crippen LogP contribution in [0.4, 0.5) is 5.69 Å². The van der Waals surface area contributed by atoms with Crippen LogP contribution in [0.5, 0.6) is 0 Å².